The number of fused-ring (bicyclic) bond motifs is 1. The summed E-state index contributed by atoms with van der Waals surface area (Å²) in [5.74, 6) is -0.0702. The lowest BCUT2D eigenvalue weighted by Crippen LogP contribution is -2.29. The zero-order valence-electron chi connectivity index (χ0n) is 12.0. The second-order valence-electron chi connectivity index (χ2n) is 4.71. The van der Waals surface area contributed by atoms with Crippen LogP contribution in [0.5, 0.6) is 0 Å². The average Bonchev–Trinajstić information content (AvgIpc) is 2.81. The lowest BCUT2D eigenvalue weighted by atomic mass is 10.1. The van der Waals surface area contributed by atoms with Gasteiger partial charge < -0.3 is 4.90 Å². The number of aliphatic imine (C=N–C) groups is 1. The summed E-state index contributed by atoms with van der Waals surface area (Å²) in [7, 11) is 0. The zero-order valence-corrected chi connectivity index (χ0v) is 12.8. The molecule has 3 rings (SSSR count). The lowest BCUT2D eigenvalue weighted by Gasteiger charge is -2.12. The minimum atomic E-state index is -0.0702. The summed E-state index contributed by atoms with van der Waals surface area (Å²) in [4.78, 5) is 19.6. The number of hydrogen-bond donors (Lipinski definition) is 0. The first-order valence-corrected chi connectivity index (χ1v) is 7.72. The molecular weight excluding hydrogens is 294 g/mol. The molecule has 0 unspecified atom stereocenters. The number of para-hydroxylation sites is 1. The van der Waals surface area contributed by atoms with E-state index in [2.05, 4.69) is 4.99 Å². The van der Waals surface area contributed by atoms with E-state index in [9.17, 15) is 4.79 Å². The number of rotatable bonds is 3. The number of thioether (sulfide) groups is 1. The molecule has 108 valence electrons. The van der Waals surface area contributed by atoms with Gasteiger partial charge in [0.2, 0.25) is 0 Å². The molecule has 1 aliphatic rings. The van der Waals surface area contributed by atoms with Crippen LogP contribution >= 0.6 is 11.8 Å². The summed E-state index contributed by atoms with van der Waals surface area (Å²) >= 11 is 1.10. The van der Waals surface area contributed by atoms with Crippen molar-refractivity contribution in [2.24, 2.45) is 4.99 Å². The Morgan fingerprint density at radius 1 is 1.18 bits per heavy atom. The van der Waals surface area contributed by atoms with Gasteiger partial charge in [-0.25, -0.2) is 4.99 Å². The van der Waals surface area contributed by atoms with E-state index in [4.69, 9.17) is 5.26 Å². The number of carbonyl (C=O) groups excluding carboxylic acids is 1. The van der Waals surface area contributed by atoms with E-state index < -0.39 is 0 Å². The quantitative estimate of drug-likeness (QED) is 0.641. The highest BCUT2D eigenvalue weighted by Gasteiger charge is 2.32. The van der Waals surface area contributed by atoms with Crippen molar-refractivity contribution in [1.82, 2.24) is 0 Å². The van der Waals surface area contributed by atoms with Crippen molar-refractivity contribution in [3.63, 3.8) is 0 Å². The molecule has 2 aromatic rings. The molecule has 0 spiro atoms. The van der Waals surface area contributed by atoms with Gasteiger partial charge in [0.25, 0.3) is 5.91 Å². The first-order chi connectivity index (χ1) is 10.7. The maximum atomic E-state index is 12.5. The van der Waals surface area contributed by atoms with Crippen LogP contribution in [0.25, 0.3) is 0 Å². The zero-order chi connectivity index (χ0) is 15.5. The topological polar surface area (TPSA) is 56.5 Å². The number of benzene rings is 2. The second kappa shape index (κ2) is 6.04. The van der Waals surface area contributed by atoms with Crippen molar-refractivity contribution in [1.29, 1.82) is 5.26 Å². The Hall–Kier alpha value is -2.58. The number of likely N-dealkylation sites (N-methyl/N-ethyl adjacent to an activating group) is 1. The third-order valence-electron chi connectivity index (χ3n) is 3.46. The van der Waals surface area contributed by atoms with Crippen molar-refractivity contribution in [3.05, 3.63) is 54.1 Å². The highest BCUT2D eigenvalue weighted by atomic mass is 32.2. The highest BCUT2D eigenvalue weighted by molar-refractivity contribution is 8.03. The molecule has 2 aromatic carbocycles. The van der Waals surface area contributed by atoms with Crippen molar-refractivity contribution in [2.45, 2.75) is 11.8 Å². The minimum Gasteiger partial charge on any atom is -0.307 e. The Kier molecular flexibility index (Phi) is 3.94. The molecule has 5 heteroatoms. The molecule has 4 nitrogen and oxygen atoms in total. The van der Waals surface area contributed by atoms with E-state index in [-0.39, 0.29) is 5.91 Å². The maximum absolute atomic E-state index is 12.5. The SMILES string of the molecule is CCN1C(=O)C(=Nc2ccc(SC#N)cc2)c2ccccc21. The molecule has 0 aliphatic carbocycles. The Morgan fingerprint density at radius 3 is 2.59 bits per heavy atom. The van der Waals surface area contributed by atoms with Gasteiger partial charge in [-0.2, -0.15) is 5.26 Å². The number of nitriles is 1. The highest BCUT2D eigenvalue weighted by Crippen LogP contribution is 2.30. The molecule has 0 atom stereocenters. The molecule has 0 saturated carbocycles. The summed E-state index contributed by atoms with van der Waals surface area (Å²) in [6.45, 7) is 2.57. The van der Waals surface area contributed by atoms with Gasteiger partial charge in [0.05, 0.1) is 11.4 Å². The summed E-state index contributed by atoms with van der Waals surface area (Å²) < 4.78 is 0. The van der Waals surface area contributed by atoms with Crippen molar-refractivity contribution >= 4 is 34.8 Å². The summed E-state index contributed by atoms with van der Waals surface area (Å²) in [6, 6.07) is 15.0. The lowest BCUT2D eigenvalue weighted by molar-refractivity contribution is -0.112. The van der Waals surface area contributed by atoms with E-state index in [0.717, 1.165) is 27.9 Å². The van der Waals surface area contributed by atoms with Crippen LogP contribution in [0.15, 0.2) is 58.4 Å². The summed E-state index contributed by atoms with van der Waals surface area (Å²) in [5.41, 5.74) is 2.95. The molecule has 1 amide bonds. The Balaban J connectivity index is 2.00. The molecule has 0 saturated heterocycles. The van der Waals surface area contributed by atoms with Crippen LogP contribution in [-0.4, -0.2) is 18.2 Å². The number of thiocyanates is 1. The first-order valence-electron chi connectivity index (χ1n) is 6.90. The fraction of sp³-hybridized carbons (Fsp3) is 0.118. The summed E-state index contributed by atoms with van der Waals surface area (Å²) in [5, 5.41) is 10.7. The van der Waals surface area contributed by atoms with Gasteiger partial charge in [-0.05, 0) is 49.0 Å². The van der Waals surface area contributed by atoms with Crippen LogP contribution in [-0.2, 0) is 4.79 Å². The summed E-state index contributed by atoms with van der Waals surface area (Å²) in [6.07, 6.45) is 0. The van der Waals surface area contributed by atoms with Crippen LogP contribution in [0, 0.1) is 10.7 Å². The van der Waals surface area contributed by atoms with Gasteiger partial charge in [-0.1, -0.05) is 18.2 Å². The second-order valence-corrected chi connectivity index (χ2v) is 5.57. The van der Waals surface area contributed by atoms with Gasteiger partial charge in [0.1, 0.15) is 11.1 Å². The Bertz CT molecular complexity index is 790. The largest absolute Gasteiger partial charge is 0.307 e. The smallest absolute Gasteiger partial charge is 0.277 e. The van der Waals surface area contributed by atoms with Crippen molar-refractivity contribution in [2.75, 3.05) is 11.4 Å². The van der Waals surface area contributed by atoms with E-state index in [1.807, 2.05) is 60.9 Å². The van der Waals surface area contributed by atoms with E-state index in [0.29, 0.717) is 17.9 Å². The van der Waals surface area contributed by atoms with Crippen LogP contribution in [0.3, 0.4) is 0 Å². The van der Waals surface area contributed by atoms with Crippen molar-refractivity contribution in [3.8, 4) is 5.40 Å². The molecule has 0 bridgehead atoms. The molecule has 0 fully saturated rings. The van der Waals surface area contributed by atoms with E-state index in [1.54, 1.807) is 4.90 Å². The van der Waals surface area contributed by atoms with Crippen LogP contribution in [0.2, 0.25) is 0 Å². The molecule has 0 aromatic heterocycles. The third-order valence-corrected chi connectivity index (χ3v) is 4.05. The normalized spacial score (nSPS) is 15.0. The fourth-order valence-corrected chi connectivity index (χ4v) is 2.83. The van der Waals surface area contributed by atoms with Crippen LogP contribution < -0.4 is 4.90 Å². The number of amides is 1. The Morgan fingerprint density at radius 2 is 1.91 bits per heavy atom. The van der Waals surface area contributed by atoms with E-state index >= 15 is 0 Å². The number of nitrogens with zero attached hydrogens (tertiary/aromatic N) is 3. The molecule has 1 heterocycles. The van der Waals surface area contributed by atoms with Gasteiger partial charge in [-0.15, -0.1) is 0 Å². The number of hydrogen-bond acceptors (Lipinski definition) is 4. The number of anilines is 1. The fourth-order valence-electron chi connectivity index (χ4n) is 2.45. The van der Waals surface area contributed by atoms with E-state index in [1.165, 1.54) is 0 Å². The molecule has 0 N–H and O–H groups in total. The predicted octanol–water partition coefficient (Wildman–Crippen LogP) is 3.75. The van der Waals surface area contributed by atoms with Gasteiger partial charge >= 0.3 is 0 Å². The Labute approximate surface area is 133 Å². The predicted molar refractivity (Wildman–Crippen MR) is 88.6 cm³/mol. The monoisotopic (exact) mass is 307 g/mol. The third kappa shape index (κ3) is 2.49. The minimum absolute atomic E-state index is 0.0702. The van der Waals surface area contributed by atoms with Gasteiger partial charge in [-0.3, -0.25) is 4.79 Å². The van der Waals surface area contributed by atoms with Crippen LogP contribution in [0.4, 0.5) is 11.4 Å². The van der Waals surface area contributed by atoms with Gasteiger partial charge in [0.15, 0.2) is 0 Å². The van der Waals surface area contributed by atoms with Crippen molar-refractivity contribution < 1.29 is 4.79 Å². The maximum Gasteiger partial charge on any atom is 0.277 e. The standard InChI is InChI=1S/C17H13N3OS/c1-2-20-15-6-4-3-5-14(15)16(17(20)21)19-12-7-9-13(10-8-12)22-11-18/h3-10H,2H2,1H3. The number of carbonyl (C=O) groups is 1. The first kappa shape index (κ1) is 14.4. The molecule has 22 heavy (non-hydrogen) atoms. The molecular formula is C17H13N3OS. The average molecular weight is 307 g/mol. The molecule has 1 aliphatic heterocycles. The van der Waals surface area contributed by atoms with Gasteiger partial charge in [0, 0.05) is 17.0 Å². The van der Waals surface area contributed by atoms with Crippen LogP contribution in [0.1, 0.15) is 12.5 Å². The molecule has 0 radical (unpaired) electrons.